The van der Waals surface area contributed by atoms with Crippen LogP contribution in [-0.4, -0.2) is 49.9 Å². The summed E-state index contributed by atoms with van der Waals surface area (Å²) in [6.45, 7) is 2.43. The molecule has 1 fully saturated rings. The number of halogens is 1. The molecule has 142 valence electrons. The maximum absolute atomic E-state index is 12.6. The van der Waals surface area contributed by atoms with Crippen molar-refractivity contribution in [3.8, 4) is 11.5 Å². The maximum Gasteiger partial charge on any atom is 0.317 e. The molecule has 0 spiro atoms. The second-order valence-corrected chi connectivity index (χ2v) is 7.46. The Bertz CT molecular complexity index is 799. The van der Waals surface area contributed by atoms with Gasteiger partial charge in [-0.3, -0.25) is 0 Å². The molecule has 7 heteroatoms. The van der Waals surface area contributed by atoms with Gasteiger partial charge in [0.2, 0.25) is 0 Å². The molecule has 0 unspecified atom stereocenters. The minimum atomic E-state index is -0.202. The fourth-order valence-corrected chi connectivity index (χ4v) is 3.45. The second-order valence-electron chi connectivity index (χ2n) is 6.54. The number of benzene rings is 2. The van der Waals surface area contributed by atoms with Crippen LogP contribution in [0.25, 0.3) is 0 Å². The van der Waals surface area contributed by atoms with Crippen molar-refractivity contribution in [3.05, 3.63) is 58.6 Å². The molecule has 1 saturated heterocycles. The Morgan fingerprint density at radius 2 is 1.93 bits per heavy atom. The third kappa shape index (κ3) is 4.36. The molecule has 2 heterocycles. The molecule has 0 bridgehead atoms. The van der Waals surface area contributed by atoms with Gasteiger partial charge in [-0.2, -0.15) is 0 Å². The van der Waals surface area contributed by atoms with E-state index in [1.165, 1.54) is 0 Å². The van der Waals surface area contributed by atoms with E-state index in [0.29, 0.717) is 38.6 Å². The fraction of sp³-hybridized carbons (Fsp3) is 0.350. The van der Waals surface area contributed by atoms with Crippen LogP contribution in [0.4, 0.5) is 4.79 Å². The quantitative estimate of drug-likeness (QED) is 0.807. The van der Waals surface area contributed by atoms with Gasteiger partial charge in [0.1, 0.15) is 12.7 Å². The van der Waals surface area contributed by atoms with E-state index in [2.05, 4.69) is 21.2 Å². The van der Waals surface area contributed by atoms with Gasteiger partial charge in [-0.25, -0.2) is 4.79 Å². The van der Waals surface area contributed by atoms with Gasteiger partial charge in [0.15, 0.2) is 17.6 Å². The van der Waals surface area contributed by atoms with Crippen molar-refractivity contribution in [1.82, 2.24) is 10.2 Å². The van der Waals surface area contributed by atoms with Gasteiger partial charge in [-0.1, -0.05) is 40.2 Å². The number of amides is 2. The molecule has 2 atom stereocenters. The van der Waals surface area contributed by atoms with Gasteiger partial charge in [-0.05, 0) is 29.8 Å². The van der Waals surface area contributed by atoms with Crippen molar-refractivity contribution >= 4 is 22.0 Å². The van der Waals surface area contributed by atoms with Gasteiger partial charge < -0.3 is 24.4 Å². The number of urea groups is 1. The van der Waals surface area contributed by atoms with Gasteiger partial charge in [0.25, 0.3) is 0 Å². The average molecular weight is 433 g/mol. The first kappa shape index (κ1) is 18.1. The lowest BCUT2D eigenvalue weighted by molar-refractivity contribution is -0.0159. The van der Waals surface area contributed by atoms with Gasteiger partial charge in [-0.15, -0.1) is 0 Å². The van der Waals surface area contributed by atoms with Crippen molar-refractivity contribution < 1.29 is 19.0 Å². The molecule has 2 aliphatic rings. The smallest absolute Gasteiger partial charge is 0.317 e. The highest BCUT2D eigenvalue weighted by atomic mass is 79.9. The Hall–Kier alpha value is -2.25. The Labute approximate surface area is 166 Å². The summed E-state index contributed by atoms with van der Waals surface area (Å²) in [5.41, 5.74) is 1.07. The molecule has 2 aromatic rings. The lowest BCUT2D eigenvalue weighted by Gasteiger charge is -2.34. The number of morpholine rings is 1. The number of hydrogen-bond donors (Lipinski definition) is 1. The summed E-state index contributed by atoms with van der Waals surface area (Å²) >= 11 is 3.44. The minimum absolute atomic E-state index is 0.108. The summed E-state index contributed by atoms with van der Waals surface area (Å²) in [5.74, 6) is 1.45. The molecule has 2 aliphatic heterocycles. The highest BCUT2D eigenvalue weighted by Gasteiger charge is 2.27. The first-order valence-electron chi connectivity index (χ1n) is 8.97. The van der Waals surface area contributed by atoms with Crippen molar-refractivity contribution in [2.24, 2.45) is 0 Å². The molecule has 2 aromatic carbocycles. The number of ether oxygens (including phenoxy) is 3. The number of carbonyl (C=O) groups excluding carboxylic acids is 1. The summed E-state index contributed by atoms with van der Waals surface area (Å²) in [6, 6.07) is 15.4. The molecule has 2 amide bonds. The number of para-hydroxylation sites is 2. The van der Waals surface area contributed by atoms with E-state index in [9.17, 15) is 4.79 Å². The Morgan fingerprint density at radius 3 is 2.74 bits per heavy atom. The van der Waals surface area contributed by atoms with Crippen molar-refractivity contribution in [2.45, 2.75) is 12.2 Å². The Morgan fingerprint density at radius 1 is 1.15 bits per heavy atom. The monoisotopic (exact) mass is 432 g/mol. The number of nitrogens with one attached hydrogen (secondary N) is 1. The standard InChI is InChI=1S/C20H21BrN2O4/c21-15-7-5-14(6-8-15)19-12-23(9-10-25-19)20(24)22-11-16-13-26-17-3-1-2-4-18(17)27-16/h1-8,16,19H,9-13H2,(H,22,24)/t16-,19-/m1/s1. The third-order valence-electron chi connectivity index (χ3n) is 4.64. The first-order valence-corrected chi connectivity index (χ1v) is 9.76. The number of hydrogen-bond acceptors (Lipinski definition) is 4. The topological polar surface area (TPSA) is 60.0 Å². The van der Waals surface area contributed by atoms with Gasteiger partial charge >= 0.3 is 6.03 Å². The molecule has 27 heavy (non-hydrogen) atoms. The van der Waals surface area contributed by atoms with Gasteiger partial charge in [0, 0.05) is 11.0 Å². The van der Waals surface area contributed by atoms with E-state index in [1.807, 2.05) is 48.5 Å². The molecule has 0 aromatic heterocycles. The zero-order valence-corrected chi connectivity index (χ0v) is 16.4. The van der Waals surface area contributed by atoms with Crippen LogP contribution < -0.4 is 14.8 Å². The number of carbonyl (C=O) groups is 1. The summed E-state index contributed by atoms with van der Waals surface area (Å²) < 4.78 is 18.4. The lowest BCUT2D eigenvalue weighted by atomic mass is 10.1. The van der Waals surface area contributed by atoms with E-state index in [1.54, 1.807) is 4.90 Å². The van der Waals surface area contributed by atoms with Crippen molar-refractivity contribution in [2.75, 3.05) is 32.8 Å². The van der Waals surface area contributed by atoms with Crippen molar-refractivity contribution in [1.29, 1.82) is 0 Å². The predicted octanol–water partition coefficient (Wildman–Crippen LogP) is 3.37. The maximum atomic E-state index is 12.6. The van der Waals surface area contributed by atoms with E-state index >= 15 is 0 Å². The van der Waals surface area contributed by atoms with Crippen LogP contribution in [0, 0.1) is 0 Å². The molecule has 1 N–H and O–H groups in total. The number of fused-ring (bicyclic) bond motifs is 1. The van der Waals surface area contributed by atoms with E-state index in [4.69, 9.17) is 14.2 Å². The predicted molar refractivity (Wildman–Crippen MR) is 104 cm³/mol. The zero-order chi connectivity index (χ0) is 18.6. The summed E-state index contributed by atoms with van der Waals surface area (Å²) in [4.78, 5) is 14.4. The minimum Gasteiger partial charge on any atom is -0.486 e. The lowest BCUT2D eigenvalue weighted by Crippen LogP contribution is -2.50. The fourth-order valence-electron chi connectivity index (χ4n) is 3.19. The molecule has 6 nitrogen and oxygen atoms in total. The Kier molecular flexibility index (Phi) is 5.50. The van der Waals surface area contributed by atoms with Crippen LogP contribution in [0.2, 0.25) is 0 Å². The van der Waals surface area contributed by atoms with E-state index in [0.717, 1.165) is 15.8 Å². The summed E-state index contributed by atoms with van der Waals surface area (Å²) in [5, 5.41) is 2.95. The molecular weight excluding hydrogens is 412 g/mol. The first-order chi connectivity index (χ1) is 13.2. The van der Waals surface area contributed by atoms with Crippen LogP contribution in [0.15, 0.2) is 53.0 Å². The third-order valence-corrected chi connectivity index (χ3v) is 5.17. The van der Waals surface area contributed by atoms with Crippen LogP contribution in [-0.2, 0) is 4.74 Å². The van der Waals surface area contributed by atoms with Crippen LogP contribution in [0.5, 0.6) is 11.5 Å². The van der Waals surface area contributed by atoms with E-state index < -0.39 is 0 Å². The normalized spacial score (nSPS) is 21.6. The zero-order valence-electron chi connectivity index (χ0n) is 14.8. The van der Waals surface area contributed by atoms with E-state index in [-0.39, 0.29) is 18.2 Å². The summed E-state index contributed by atoms with van der Waals surface area (Å²) in [6.07, 6.45) is -0.314. The molecule has 0 aliphatic carbocycles. The molecule has 4 rings (SSSR count). The highest BCUT2D eigenvalue weighted by molar-refractivity contribution is 9.10. The van der Waals surface area contributed by atoms with Crippen molar-refractivity contribution in [3.63, 3.8) is 0 Å². The van der Waals surface area contributed by atoms with Crippen LogP contribution >= 0.6 is 15.9 Å². The van der Waals surface area contributed by atoms with Crippen LogP contribution in [0.1, 0.15) is 11.7 Å². The second kappa shape index (κ2) is 8.19. The Balaban J connectivity index is 1.30. The number of rotatable bonds is 3. The molecular formula is C20H21BrN2O4. The van der Waals surface area contributed by atoms with Gasteiger partial charge in [0.05, 0.1) is 19.7 Å². The summed E-state index contributed by atoms with van der Waals surface area (Å²) in [7, 11) is 0. The van der Waals surface area contributed by atoms with Crippen LogP contribution in [0.3, 0.4) is 0 Å². The largest absolute Gasteiger partial charge is 0.486 e. The average Bonchev–Trinajstić information content (AvgIpc) is 2.72. The SMILES string of the molecule is O=C(NC[C@@H]1COc2ccccc2O1)N1CCO[C@@H](c2ccc(Br)cc2)C1. The number of nitrogens with zero attached hydrogens (tertiary/aromatic N) is 1. The molecule has 0 saturated carbocycles. The molecule has 0 radical (unpaired) electrons. The highest BCUT2D eigenvalue weighted by Crippen LogP contribution is 2.30.